The first-order chi connectivity index (χ1) is 12.1. The molecule has 0 saturated carbocycles. The van der Waals surface area contributed by atoms with Gasteiger partial charge in [-0.05, 0) is 43.4 Å². The molecule has 0 radical (unpaired) electrons. The molecule has 3 aromatic rings. The molecular weight excluding hydrogens is 338 g/mol. The maximum absolute atomic E-state index is 12.8. The molecule has 0 atom stereocenters. The zero-order valence-corrected chi connectivity index (χ0v) is 14.4. The van der Waals surface area contributed by atoms with Crippen LogP contribution in [0.25, 0.3) is 11.3 Å². The first kappa shape index (κ1) is 15.8. The molecule has 25 heavy (non-hydrogen) atoms. The summed E-state index contributed by atoms with van der Waals surface area (Å²) >= 11 is 5.94. The standard InChI is InChI=1S/C18H16ClN5O/c1-10-5-12(7-22-17(10)19)24-18(25)13-8-21-14-4-2-3-11-6-20-9-23-16(11)15(13)14/h5-9,21H,2-4H2,1H3,(H,24,25). The Morgan fingerprint density at radius 2 is 2.16 bits per heavy atom. The number of aryl methyl sites for hydroxylation is 3. The second-order valence-corrected chi connectivity index (χ2v) is 6.45. The van der Waals surface area contributed by atoms with Crippen LogP contribution in [0.2, 0.25) is 5.15 Å². The number of pyridine rings is 1. The van der Waals surface area contributed by atoms with Crippen LogP contribution < -0.4 is 5.32 Å². The number of carbonyl (C=O) groups is 1. The summed E-state index contributed by atoms with van der Waals surface area (Å²) in [7, 11) is 0. The SMILES string of the molecule is Cc1cc(NC(=O)c2c[nH]c3c2-c2ncncc2CCC3)cnc1Cl. The molecule has 1 amide bonds. The van der Waals surface area contributed by atoms with Crippen LogP contribution in [0.15, 0.2) is 31.0 Å². The number of nitrogens with zero attached hydrogens (tertiary/aromatic N) is 3. The quantitative estimate of drug-likeness (QED) is 0.690. The third kappa shape index (κ3) is 2.89. The number of aromatic amines is 1. The Balaban J connectivity index is 1.72. The van der Waals surface area contributed by atoms with Crippen molar-refractivity contribution >= 4 is 23.2 Å². The van der Waals surface area contributed by atoms with Gasteiger partial charge in [-0.3, -0.25) is 4.79 Å². The molecule has 6 nitrogen and oxygen atoms in total. The monoisotopic (exact) mass is 353 g/mol. The Morgan fingerprint density at radius 1 is 1.28 bits per heavy atom. The fraction of sp³-hybridized carbons (Fsp3) is 0.222. The summed E-state index contributed by atoms with van der Waals surface area (Å²) in [5, 5.41) is 3.32. The summed E-state index contributed by atoms with van der Waals surface area (Å²) in [6.07, 6.45) is 9.42. The van der Waals surface area contributed by atoms with Crippen molar-refractivity contribution in [2.24, 2.45) is 0 Å². The van der Waals surface area contributed by atoms with E-state index in [0.717, 1.165) is 47.3 Å². The second kappa shape index (κ2) is 6.29. The fourth-order valence-electron chi connectivity index (χ4n) is 3.16. The lowest BCUT2D eigenvalue weighted by Crippen LogP contribution is -2.13. The minimum Gasteiger partial charge on any atom is -0.364 e. The summed E-state index contributed by atoms with van der Waals surface area (Å²) in [5.41, 5.74) is 5.80. The molecule has 126 valence electrons. The van der Waals surface area contributed by atoms with Gasteiger partial charge < -0.3 is 10.3 Å². The molecule has 0 aromatic carbocycles. The van der Waals surface area contributed by atoms with Gasteiger partial charge in [-0.2, -0.15) is 0 Å². The average molecular weight is 354 g/mol. The highest BCUT2D eigenvalue weighted by Crippen LogP contribution is 2.33. The molecule has 0 spiro atoms. The molecule has 0 unspecified atom stereocenters. The van der Waals surface area contributed by atoms with Crippen LogP contribution in [0.3, 0.4) is 0 Å². The third-order valence-electron chi connectivity index (χ3n) is 4.38. The van der Waals surface area contributed by atoms with Crippen molar-refractivity contribution in [1.82, 2.24) is 19.9 Å². The number of anilines is 1. The van der Waals surface area contributed by atoms with E-state index in [9.17, 15) is 4.79 Å². The molecule has 3 aromatic heterocycles. The normalized spacial score (nSPS) is 12.9. The van der Waals surface area contributed by atoms with Gasteiger partial charge in [0, 0.05) is 23.7 Å². The summed E-state index contributed by atoms with van der Waals surface area (Å²) in [4.78, 5) is 28.7. The van der Waals surface area contributed by atoms with Crippen LogP contribution in [0.1, 0.15) is 33.6 Å². The Morgan fingerprint density at radius 3 is 3.00 bits per heavy atom. The van der Waals surface area contributed by atoms with Crippen molar-refractivity contribution < 1.29 is 4.79 Å². The van der Waals surface area contributed by atoms with Gasteiger partial charge in [-0.15, -0.1) is 0 Å². The lowest BCUT2D eigenvalue weighted by molar-refractivity contribution is 0.102. The van der Waals surface area contributed by atoms with Crippen molar-refractivity contribution in [3.8, 4) is 11.3 Å². The van der Waals surface area contributed by atoms with Crippen LogP contribution in [-0.2, 0) is 12.8 Å². The van der Waals surface area contributed by atoms with Gasteiger partial charge in [-0.1, -0.05) is 11.6 Å². The third-order valence-corrected chi connectivity index (χ3v) is 4.77. The molecule has 1 aliphatic carbocycles. The molecule has 0 fully saturated rings. The smallest absolute Gasteiger partial charge is 0.257 e. The van der Waals surface area contributed by atoms with E-state index in [2.05, 4.69) is 25.3 Å². The summed E-state index contributed by atoms with van der Waals surface area (Å²) in [5.74, 6) is -0.201. The second-order valence-electron chi connectivity index (χ2n) is 6.09. The van der Waals surface area contributed by atoms with Crippen LogP contribution in [0, 0.1) is 6.92 Å². The van der Waals surface area contributed by atoms with Gasteiger partial charge in [0.25, 0.3) is 5.91 Å². The molecule has 2 N–H and O–H groups in total. The van der Waals surface area contributed by atoms with E-state index in [-0.39, 0.29) is 5.91 Å². The molecule has 7 heteroatoms. The molecule has 0 saturated heterocycles. The zero-order valence-electron chi connectivity index (χ0n) is 13.6. The number of rotatable bonds is 2. The first-order valence-electron chi connectivity index (χ1n) is 8.06. The van der Waals surface area contributed by atoms with Crippen LogP contribution in [-0.4, -0.2) is 25.8 Å². The van der Waals surface area contributed by atoms with Gasteiger partial charge in [0.15, 0.2) is 0 Å². The highest BCUT2D eigenvalue weighted by molar-refractivity contribution is 6.30. The number of halogens is 1. The number of fused-ring (bicyclic) bond motifs is 3. The van der Waals surface area contributed by atoms with E-state index in [1.807, 2.05) is 13.1 Å². The number of amides is 1. The van der Waals surface area contributed by atoms with Crippen LogP contribution in [0.4, 0.5) is 5.69 Å². The predicted octanol–water partition coefficient (Wildman–Crippen LogP) is 3.57. The summed E-state index contributed by atoms with van der Waals surface area (Å²) in [6.45, 7) is 1.85. The van der Waals surface area contributed by atoms with Crippen molar-refractivity contribution in [3.63, 3.8) is 0 Å². The van der Waals surface area contributed by atoms with Crippen molar-refractivity contribution in [2.45, 2.75) is 26.2 Å². The predicted molar refractivity (Wildman–Crippen MR) is 95.8 cm³/mol. The Hall–Kier alpha value is -2.73. The minimum absolute atomic E-state index is 0.201. The van der Waals surface area contributed by atoms with Crippen molar-refractivity contribution in [3.05, 3.63) is 58.5 Å². The highest BCUT2D eigenvalue weighted by Gasteiger charge is 2.24. The van der Waals surface area contributed by atoms with E-state index in [1.54, 1.807) is 18.5 Å². The zero-order chi connectivity index (χ0) is 17.4. The van der Waals surface area contributed by atoms with Crippen molar-refractivity contribution in [1.29, 1.82) is 0 Å². The van der Waals surface area contributed by atoms with Gasteiger partial charge in [0.1, 0.15) is 11.5 Å². The lowest BCUT2D eigenvalue weighted by Gasteiger charge is -2.09. The number of nitrogens with one attached hydrogen (secondary N) is 2. The van der Waals surface area contributed by atoms with Crippen LogP contribution >= 0.6 is 11.6 Å². The average Bonchev–Trinajstić information content (AvgIpc) is 2.94. The molecule has 3 heterocycles. The summed E-state index contributed by atoms with van der Waals surface area (Å²) < 4.78 is 0. The topological polar surface area (TPSA) is 83.6 Å². The largest absolute Gasteiger partial charge is 0.364 e. The van der Waals surface area contributed by atoms with E-state index in [1.165, 1.54) is 6.33 Å². The van der Waals surface area contributed by atoms with E-state index >= 15 is 0 Å². The van der Waals surface area contributed by atoms with Crippen molar-refractivity contribution in [2.75, 3.05) is 5.32 Å². The number of H-pyrrole nitrogens is 1. The van der Waals surface area contributed by atoms with Gasteiger partial charge in [-0.25, -0.2) is 15.0 Å². The number of carbonyl (C=O) groups excluding carboxylic acids is 1. The molecule has 4 rings (SSSR count). The number of hydrogen-bond donors (Lipinski definition) is 2. The molecule has 0 bridgehead atoms. The molecule has 0 aliphatic heterocycles. The lowest BCUT2D eigenvalue weighted by atomic mass is 10.0. The van der Waals surface area contributed by atoms with Gasteiger partial charge >= 0.3 is 0 Å². The van der Waals surface area contributed by atoms with Gasteiger partial charge in [0.2, 0.25) is 0 Å². The van der Waals surface area contributed by atoms with Crippen LogP contribution in [0.5, 0.6) is 0 Å². The Bertz CT molecular complexity index is 966. The van der Waals surface area contributed by atoms with E-state index < -0.39 is 0 Å². The number of aromatic nitrogens is 4. The number of hydrogen-bond acceptors (Lipinski definition) is 4. The minimum atomic E-state index is -0.201. The highest BCUT2D eigenvalue weighted by atomic mass is 35.5. The Kier molecular flexibility index (Phi) is 3.97. The molecular formula is C18H16ClN5O. The summed E-state index contributed by atoms with van der Waals surface area (Å²) in [6, 6.07) is 1.80. The molecule has 1 aliphatic rings. The fourth-order valence-corrected chi connectivity index (χ4v) is 3.26. The first-order valence-corrected chi connectivity index (χ1v) is 8.44. The maximum Gasteiger partial charge on any atom is 0.257 e. The van der Waals surface area contributed by atoms with E-state index in [0.29, 0.717) is 16.4 Å². The Labute approximate surface area is 149 Å². The van der Waals surface area contributed by atoms with Gasteiger partial charge in [0.05, 0.1) is 23.1 Å². The maximum atomic E-state index is 12.8. The van der Waals surface area contributed by atoms with E-state index in [4.69, 9.17) is 11.6 Å².